The Balaban J connectivity index is 2.35. The molecular formula is C10H14O2. The second-order valence-electron chi connectivity index (χ2n) is 4.45. The summed E-state index contributed by atoms with van der Waals surface area (Å²) in [4.78, 5) is 10.6. The molecule has 66 valence electrons. The zero-order valence-electron chi connectivity index (χ0n) is 7.45. The number of hydrogen-bond acceptors (Lipinski definition) is 2. The van der Waals surface area contributed by atoms with E-state index in [1.54, 1.807) is 0 Å². The van der Waals surface area contributed by atoms with Gasteiger partial charge in [-0.3, -0.25) is 4.79 Å². The Morgan fingerprint density at radius 3 is 2.67 bits per heavy atom. The first kappa shape index (κ1) is 7.99. The number of rotatable bonds is 1. The number of allylic oxidation sites excluding steroid dienone is 1. The summed E-state index contributed by atoms with van der Waals surface area (Å²) in [6, 6.07) is 0. The summed E-state index contributed by atoms with van der Waals surface area (Å²) < 4.78 is 0. The van der Waals surface area contributed by atoms with Crippen LogP contribution in [0.2, 0.25) is 0 Å². The van der Waals surface area contributed by atoms with Gasteiger partial charge in [0.25, 0.3) is 0 Å². The predicted octanol–water partition coefficient (Wildman–Crippen LogP) is 1.15. The van der Waals surface area contributed by atoms with Crippen LogP contribution < -0.4 is 0 Å². The highest BCUT2D eigenvalue weighted by atomic mass is 16.3. The first-order valence-electron chi connectivity index (χ1n) is 4.42. The van der Waals surface area contributed by atoms with Gasteiger partial charge in [-0.1, -0.05) is 19.9 Å². The van der Waals surface area contributed by atoms with Crippen LogP contribution in [0.15, 0.2) is 11.6 Å². The molecule has 1 N–H and O–H groups in total. The minimum absolute atomic E-state index is 0.0914. The SMILES string of the molecule is CC1(C)[C@@H]2C(C=O)=CC[C@H]1[C@H]2O. The second-order valence-corrected chi connectivity index (χ2v) is 4.45. The Morgan fingerprint density at radius 1 is 1.67 bits per heavy atom. The van der Waals surface area contributed by atoms with Crippen molar-refractivity contribution in [2.45, 2.75) is 26.4 Å². The van der Waals surface area contributed by atoms with Gasteiger partial charge < -0.3 is 5.11 Å². The molecule has 3 atom stereocenters. The summed E-state index contributed by atoms with van der Waals surface area (Å²) in [5.74, 6) is 0.458. The maximum Gasteiger partial charge on any atom is 0.146 e. The quantitative estimate of drug-likeness (QED) is 0.593. The first-order chi connectivity index (χ1) is 5.59. The van der Waals surface area contributed by atoms with Crippen LogP contribution in [-0.4, -0.2) is 17.5 Å². The van der Waals surface area contributed by atoms with Crippen molar-refractivity contribution in [3.05, 3.63) is 11.6 Å². The minimum atomic E-state index is -0.273. The molecule has 0 heterocycles. The van der Waals surface area contributed by atoms with Crippen LogP contribution in [0.4, 0.5) is 0 Å². The fourth-order valence-corrected chi connectivity index (χ4v) is 2.81. The van der Waals surface area contributed by atoms with Gasteiger partial charge in [-0.2, -0.15) is 0 Å². The molecule has 1 fully saturated rings. The third-order valence-electron chi connectivity index (χ3n) is 3.61. The molecule has 0 aromatic carbocycles. The summed E-state index contributed by atoms with van der Waals surface area (Å²) in [7, 11) is 0. The van der Waals surface area contributed by atoms with Gasteiger partial charge in [-0.25, -0.2) is 0 Å². The molecule has 0 aromatic heterocycles. The predicted molar refractivity (Wildman–Crippen MR) is 45.5 cm³/mol. The van der Waals surface area contributed by atoms with Crippen molar-refractivity contribution >= 4 is 6.29 Å². The number of carbonyl (C=O) groups excluding carboxylic acids is 1. The molecule has 2 bridgehead atoms. The number of carbonyl (C=O) groups is 1. The highest BCUT2D eigenvalue weighted by molar-refractivity contribution is 5.75. The first-order valence-corrected chi connectivity index (χ1v) is 4.42. The molecule has 0 aromatic rings. The van der Waals surface area contributed by atoms with E-state index in [0.29, 0.717) is 5.92 Å². The van der Waals surface area contributed by atoms with Crippen LogP contribution in [0.3, 0.4) is 0 Å². The normalized spacial score (nSPS) is 42.9. The van der Waals surface area contributed by atoms with E-state index in [0.717, 1.165) is 18.3 Å². The Morgan fingerprint density at radius 2 is 2.33 bits per heavy atom. The summed E-state index contributed by atoms with van der Waals surface area (Å²) in [5.41, 5.74) is 0.930. The van der Waals surface area contributed by atoms with Crippen molar-refractivity contribution in [2.75, 3.05) is 0 Å². The second kappa shape index (κ2) is 2.19. The van der Waals surface area contributed by atoms with Gasteiger partial charge in [0.1, 0.15) is 6.29 Å². The Bertz CT molecular complexity index is 253. The van der Waals surface area contributed by atoms with Crippen LogP contribution >= 0.6 is 0 Å². The molecular weight excluding hydrogens is 152 g/mol. The molecule has 2 heteroatoms. The van der Waals surface area contributed by atoms with E-state index in [4.69, 9.17) is 0 Å². The van der Waals surface area contributed by atoms with E-state index in [1.165, 1.54) is 0 Å². The minimum Gasteiger partial charge on any atom is -0.392 e. The van der Waals surface area contributed by atoms with Gasteiger partial charge in [0.15, 0.2) is 0 Å². The van der Waals surface area contributed by atoms with E-state index in [1.807, 2.05) is 6.08 Å². The zero-order valence-corrected chi connectivity index (χ0v) is 7.45. The molecule has 12 heavy (non-hydrogen) atoms. The lowest BCUT2D eigenvalue weighted by atomic mass is 9.47. The van der Waals surface area contributed by atoms with Crippen molar-refractivity contribution in [1.82, 2.24) is 0 Å². The van der Waals surface area contributed by atoms with Gasteiger partial charge in [-0.05, 0) is 23.3 Å². The number of hydrogen-bond donors (Lipinski definition) is 1. The van der Waals surface area contributed by atoms with E-state index in [9.17, 15) is 9.90 Å². The van der Waals surface area contributed by atoms with Gasteiger partial charge in [0, 0.05) is 5.92 Å². The molecule has 0 saturated heterocycles. The molecule has 3 aliphatic rings. The lowest BCUT2D eigenvalue weighted by Gasteiger charge is -2.59. The zero-order chi connectivity index (χ0) is 8.93. The van der Waals surface area contributed by atoms with Gasteiger partial charge >= 0.3 is 0 Å². The average molecular weight is 166 g/mol. The lowest BCUT2D eigenvalue weighted by Crippen LogP contribution is -2.60. The van der Waals surface area contributed by atoms with Crippen molar-refractivity contribution in [3.8, 4) is 0 Å². The van der Waals surface area contributed by atoms with Gasteiger partial charge in [-0.15, -0.1) is 0 Å². The number of aldehydes is 1. The van der Waals surface area contributed by atoms with Gasteiger partial charge in [0.05, 0.1) is 6.10 Å². The number of aliphatic hydroxyl groups excluding tert-OH is 1. The van der Waals surface area contributed by atoms with Crippen LogP contribution in [-0.2, 0) is 4.79 Å². The molecule has 3 aliphatic carbocycles. The maximum absolute atomic E-state index is 10.6. The summed E-state index contributed by atoms with van der Waals surface area (Å²) in [6.45, 7) is 4.26. The smallest absolute Gasteiger partial charge is 0.146 e. The number of aliphatic hydroxyl groups is 1. The average Bonchev–Trinajstić information content (AvgIpc) is 2.04. The van der Waals surface area contributed by atoms with Crippen LogP contribution in [0, 0.1) is 17.3 Å². The highest BCUT2D eigenvalue weighted by Crippen LogP contribution is 2.58. The van der Waals surface area contributed by atoms with E-state index >= 15 is 0 Å². The fraction of sp³-hybridized carbons (Fsp3) is 0.700. The summed E-state index contributed by atoms with van der Waals surface area (Å²) >= 11 is 0. The third kappa shape index (κ3) is 0.712. The molecule has 0 radical (unpaired) electrons. The largest absolute Gasteiger partial charge is 0.392 e. The molecule has 0 amide bonds. The van der Waals surface area contributed by atoms with Crippen molar-refractivity contribution in [3.63, 3.8) is 0 Å². The Labute approximate surface area is 72.3 Å². The summed E-state index contributed by atoms with van der Waals surface area (Å²) in [5, 5.41) is 9.66. The molecule has 1 saturated carbocycles. The topological polar surface area (TPSA) is 37.3 Å². The highest BCUT2D eigenvalue weighted by Gasteiger charge is 2.58. The standard InChI is InChI=1S/C10H14O2/c1-10(2)7-4-3-6(5-11)8(10)9(7)12/h3,5,7-9,12H,4H2,1-2H3/t7-,8+,9+/m0/s1. The van der Waals surface area contributed by atoms with Crippen LogP contribution in [0.5, 0.6) is 0 Å². The Hall–Kier alpha value is -0.630. The monoisotopic (exact) mass is 166 g/mol. The molecule has 0 spiro atoms. The third-order valence-corrected chi connectivity index (χ3v) is 3.61. The van der Waals surface area contributed by atoms with E-state index in [-0.39, 0.29) is 17.4 Å². The van der Waals surface area contributed by atoms with Gasteiger partial charge in [0.2, 0.25) is 0 Å². The van der Waals surface area contributed by atoms with Crippen LogP contribution in [0.1, 0.15) is 20.3 Å². The van der Waals surface area contributed by atoms with E-state index in [2.05, 4.69) is 13.8 Å². The molecule has 3 rings (SSSR count). The fourth-order valence-electron chi connectivity index (χ4n) is 2.81. The lowest BCUT2D eigenvalue weighted by molar-refractivity contribution is -0.148. The van der Waals surface area contributed by atoms with Crippen molar-refractivity contribution in [1.29, 1.82) is 0 Å². The Kier molecular flexibility index (Phi) is 1.46. The maximum atomic E-state index is 10.6. The molecule has 0 unspecified atom stereocenters. The van der Waals surface area contributed by atoms with E-state index < -0.39 is 0 Å². The molecule has 0 aliphatic heterocycles. The molecule has 2 nitrogen and oxygen atoms in total. The van der Waals surface area contributed by atoms with Crippen molar-refractivity contribution in [2.24, 2.45) is 17.3 Å². The van der Waals surface area contributed by atoms with Crippen molar-refractivity contribution < 1.29 is 9.90 Å². The number of fused-ring (bicyclic) bond motifs is 1. The summed E-state index contributed by atoms with van der Waals surface area (Å²) in [6.07, 6.45) is 3.45. The van der Waals surface area contributed by atoms with Crippen LogP contribution in [0.25, 0.3) is 0 Å².